The number of alkyl halides is 3. The number of benzene rings is 1. The Morgan fingerprint density at radius 3 is 2.35 bits per heavy atom. The predicted molar refractivity (Wildman–Crippen MR) is 63.5 cm³/mol. The van der Waals surface area contributed by atoms with Crippen LogP contribution in [0.2, 0.25) is 0 Å². The second-order valence-electron chi connectivity index (χ2n) is 4.67. The molecular weight excluding hydrogens is 275 g/mol. The Morgan fingerprint density at radius 2 is 1.85 bits per heavy atom. The second kappa shape index (κ2) is 5.15. The fraction of sp³-hybridized carbons (Fsp3) is 0.385. The molecule has 1 aromatic carbocycles. The van der Waals surface area contributed by atoms with Crippen LogP contribution >= 0.6 is 0 Å². The molecule has 0 spiro atoms. The summed E-state index contributed by atoms with van der Waals surface area (Å²) in [6, 6.07) is 4.63. The average Bonchev–Trinajstić information content (AvgIpc) is 3.18. The van der Waals surface area contributed by atoms with Gasteiger partial charge in [0.2, 0.25) is 0 Å². The molecule has 0 atom stereocenters. The molecule has 4 nitrogen and oxygen atoms in total. The molecule has 1 aliphatic carbocycles. The van der Waals surface area contributed by atoms with E-state index >= 15 is 0 Å². The molecule has 0 aromatic heterocycles. The van der Waals surface area contributed by atoms with E-state index in [1.54, 1.807) is 0 Å². The second-order valence-corrected chi connectivity index (χ2v) is 4.67. The van der Waals surface area contributed by atoms with Crippen molar-refractivity contribution >= 4 is 11.9 Å². The molecule has 0 bridgehead atoms. The van der Waals surface area contributed by atoms with Crippen molar-refractivity contribution in [2.45, 2.75) is 25.1 Å². The molecule has 0 saturated heterocycles. The number of aromatic carboxylic acids is 1. The number of carbonyl (C=O) groups is 2. The molecule has 1 aromatic rings. The Labute approximate surface area is 112 Å². The Morgan fingerprint density at radius 1 is 1.25 bits per heavy atom. The number of amides is 1. The van der Waals surface area contributed by atoms with Crippen molar-refractivity contribution in [3.8, 4) is 0 Å². The van der Waals surface area contributed by atoms with E-state index in [4.69, 9.17) is 5.11 Å². The standard InChI is InChI=1S/C13H12F3NO3/c14-13(15,16)7-17(10-4-5-10)11(18)8-2-1-3-9(6-8)12(19)20/h1-3,6,10H,4-5,7H2,(H,19,20). The minimum Gasteiger partial charge on any atom is -0.478 e. The number of carboxylic acids is 1. The first-order valence-corrected chi connectivity index (χ1v) is 5.99. The van der Waals surface area contributed by atoms with Gasteiger partial charge in [0.1, 0.15) is 6.54 Å². The van der Waals surface area contributed by atoms with E-state index in [2.05, 4.69) is 0 Å². The zero-order valence-corrected chi connectivity index (χ0v) is 10.4. The van der Waals surface area contributed by atoms with Gasteiger partial charge in [0.05, 0.1) is 5.56 Å². The number of carboxylic acid groups (broad SMARTS) is 1. The maximum absolute atomic E-state index is 12.5. The van der Waals surface area contributed by atoms with E-state index in [1.165, 1.54) is 18.2 Å². The fourth-order valence-corrected chi connectivity index (χ4v) is 1.90. The van der Waals surface area contributed by atoms with E-state index < -0.39 is 30.6 Å². The van der Waals surface area contributed by atoms with Gasteiger partial charge in [-0.3, -0.25) is 4.79 Å². The van der Waals surface area contributed by atoms with Crippen molar-refractivity contribution in [3.63, 3.8) is 0 Å². The maximum atomic E-state index is 12.5. The van der Waals surface area contributed by atoms with Crippen LogP contribution in [-0.4, -0.2) is 40.6 Å². The topological polar surface area (TPSA) is 57.6 Å². The normalized spacial score (nSPS) is 14.9. The minimum absolute atomic E-state index is 0.0407. The number of hydrogen-bond acceptors (Lipinski definition) is 2. The van der Waals surface area contributed by atoms with Crippen LogP contribution in [0.3, 0.4) is 0 Å². The molecule has 1 N–H and O–H groups in total. The van der Waals surface area contributed by atoms with E-state index in [9.17, 15) is 22.8 Å². The van der Waals surface area contributed by atoms with Crippen molar-refractivity contribution in [1.82, 2.24) is 4.90 Å². The van der Waals surface area contributed by atoms with Gasteiger partial charge in [-0.1, -0.05) is 6.07 Å². The minimum atomic E-state index is -4.47. The summed E-state index contributed by atoms with van der Waals surface area (Å²) in [5.41, 5.74) is -0.167. The van der Waals surface area contributed by atoms with E-state index in [-0.39, 0.29) is 11.1 Å². The predicted octanol–water partition coefficient (Wildman–Crippen LogP) is 2.55. The van der Waals surface area contributed by atoms with Crippen LogP contribution in [-0.2, 0) is 0 Å². The Bertz CT molecular complexity index is 538. The van der Waals surface area contributed by atoms with Gasteiger partial charge in [-0.05, 0) is 31.0 Å². The molecule has 7 heteroatoms. The average molecular weight is 287 g/mol. The number of halogens is 3. The molecule has 1 fully saturated rings. The van der Waals surface area contributed by atoms with Crippen LogP contribution < -0.4 is 0 Å². The van der Waals surface area contributed by atoms with E-state index in [1.807, 2.05) is 0 Å². The first kappa shape index (κ1) is 14.4. The van der Waals surface area contributed by atoms with E-state index in [0.717, 1.165) is 11.0 Å². The third-order valence-corrected chi connectivity index (χ3v) is 2.95. The highest BCUT2D eigenvalue weighted by Crippen LogP contribution is 2.31. The summed E-state index contributed by atoms with van der Waals surface area (Å²) in [6.07, 6.45) is -3.39. The molecule has 20 heavy (non-hydrogen) atoms. The molecule has 0 aliphatic heterocycles. The zero-order chi connectivity index (χ0) is 14.9. The SMILES string of the molecule is O=C(O)c1cccc(C(=O)N(CC(F)(F)F)C2CC2)c1. The van der Waals surface area contributed by atoms with Gasteiger partial charge >= 0.3 is 12.1 Å². The lowest BCUT2D eigenvalue weighted by Gasteiger charge is -2.23. The van der Waals surface area contributed by atoms with E-state index in [0.29, 0.717) is 12.8 Å². The summed E-state index contributed by atoms with van der Waals surface area (Å²) >= 11 is 0. The summed E-state index contributed by atoms with van der Waals surface area (Å²) in [4.78, 5) is 23.7. The Kier molecular flexibility index (Phi) is 3.69. The Balaban J connectivity index is 2.23. The number of hydrogen-bond donors (Lipinski definition) is 1. The first-order valence-electron chi connectivity index (χ1n) is 5.99. The highest BCUT2D eigenvalue weighted by atomic mass is 19.4. The highest BCUT2D eigenvalue weighted by molar-refractivity contribution is 5.97. The van der Waals surface area contributed by atoms with Crippen LogP contribution in [0.25, 0.3) is 0 Å². The van der Waals surface area contributed by atoms with Gasteiger partial charge in [-0.2, -0.15) is 13.2 Å². The van der Waals surface area contributed by atoms with Crippen LogP contribution in [0.5, 0.6) is 0 Å². The molecule has 1 aliphatic rings. The fourth-order valence-electron chi connectivity index (χ4n) is 1.90. The zero-order valence-electron chi connectivity index (χ0n) is 10.4. The van der Waals surface area contributed by atoms with Crippen molar-refractivity contribution < 1.29 is 27.9 Å². The summed E-state index contributed by atoms with van der Waals surface area (Å²) in [7, 11) is 0. The lowest BCUT2D eigenvalue weighted by atomic mass is 10.1. The van der Waals surface area contributed by atoms with Gasteiger partial charge in [-0.15, -0.1) is 0 Å². The first-order chi connectivity index (χ1) is 9.28. The van der Waals surface area contributed by atoms with Crippen LogP contribution in [0, 0.1) is 0 Å². The van der Waals surface area contributed by atoms with Crippen molar-refractivity contribution in [2.75, 3.05) is 6.54 Å². The monoisotopic (exact) mass is 287 g/mol. The quantitative estimate of drug-likeness (QED) is 0.926. The molecule has 0 unspecified atom stereocenters. The van der Waals surface area contributed by atoms with Gasteiger partial charge in [0, 0.05) is 11.6 Å². The number of rotatable bonds is 4. The number of carbonyl (C=O) groups excluding carboxylic acids is 1. The van der Waals surface area contributed by atoms with Gasteiger partial charge < -0.3 is 10.0 Å². The van der Waals surface area contributed by atoms with Gasteiger partial charge in [0.25, 0.3) is 5.91 Å². The van der Waals surface area contributed by atoms with Gasteiger partial charge in [-0.25, -0.2) is 4.79 Å². The molecule has 0 radical (unpaired) electrons. The Hall–Kier alpha value is -2.05. The third kappa shape index (κ3) is 3.49. The summed E-state index contributed by atoms with van der Waals surface area (Å²) in [5.74, 6) is -2.01. The molecule has 108 valence electrons. The molecule has 2 rings (SSSR count). The van der Waals surface area contributed by atoms with Crippen molar-refractivity contribution in [2.24, 2.45) is 0 Å². The highest BCUT2D eigenvalue weighted by Gasteiger charge is 2.40. The molecular formula is C13H12F3NO3. The third-order valence-electron chi connectivity index (χ3n) is 2.95. The molecule has 1 amide bonds. The van der Waals surface area contributed by atoms with Crippen LogP contribution in [0.1, 0.15) is 33.6 Å². The lowest BCUT2D eigenvalue weighted by molar-refractivity contribution is -0.141. The summed E-state index contributed by atoms with van der Waals surface area (Å²) < 4.78 is 37.5. The summed E-state index contributed by atoms with van der Waals surface area (Å²) in [5, 5.41) is 8.83. The lowest BCUT2D eigenvalue weighted by Crippen LogP contribution is -2.40. The summed E-state index contributed by atoms with van der Waals surface area (Å²) in [6.45, 7) is -1.31. The molecule has 1 saturated carbocycles. The largest absolute Gasteiger partial charge is 0.478 e. The van der Waals surface area contributed by atoms with Crippen molar-refractivity contribution in [1.29, 1.82) is 0 Å². The molecule has 0 heterocycles. The maximum Gasteiger partial charge on any atom is 0.406 e. The number of nitrogens with zero attached hydrogens (tertiary/aromatic N) is 1. The van der Waals surface area contributed by atoms with Crippen LogP contribution in [0.15, 0.2) is 24.3 Å². The van der Waals surface area contributed by atoms with Gasteiger partial charge in [0.15, 0.2) is 0 Å². The smallest absolute Gasteiger partial charge is 0.406 e. The van der Waals surface area contributed by atoms with Crippen molar-refractivity contribution in [3.05, 3.63) is 35.4 Å². The van der Waals surface area contributed by atoms with Crippen LogP contribution in [0.4, 0.5) is 13.2 Å².